The number of pyridine rings is 1. The van der Waals surface area contributed by atoms with Crippen LogP contribution in [0.5, 0.6) is 0 Å². The van der Waals surface area contributed by atoms with Crippen molar-refractivity contribution in [1.82, 2.24) is 14.5 Å². The van der Waals surface area contributed by atoms with Crippen LogP contribution in [0.15, 0.2) is 12.1 Å². The number of hydrogen-bond donors (Lipinski definition) is 0. The zero-order valence-corrected chi connectivity index (χ0v) is 12.9. The summed E-state index contributed by atoms with van der Waals surface area (Å²) in [5.41, 5.74) is 3.00. The quantitative estimate of drug-likeness (QED) is 0.779. The van der Waals surface area contributed by atoms with E-state index in [-0.39, 0.29) is 0 Å². The van der Waals surface area contributed by atoms with Crippen LogP contribution in [0.3, 0.4) is 0 Å². The maximum absolute atomic E-state index is 5.89. The molecule has 0 N–H and O–H groups in total. The Balaban J connectivity index is 2.47. The Labute approximate surface area is 120 Å². The number of imidazole rings is 1. The fourth-order valence-electron chi connectivity index (χ4n) is 2.11. The molecule has 0 aliphatic heterocycles. The van der Waals surface area contributed by atoms with Crippen LogP contribution in [-0.4, -0.2) is 20.4 Å². The minimum absolute atomic E-state index is 0.591. The minimum Gasteiger partial charge on any atom is -0.312 e. The van der Waals surface area contributed by atoms with Gasteiger partial charge in [0.15, 0.2) is 5.65 Å². The first-order valence-corrected chi connectivity index (χ1v) is 7.45. The minimum atomic E-state index is 0.591. The molecule has 0 fully saturated rings. The number of alkyl halides is 1. The Morgan fingerprint density at radius 2 is 1.95 bits per heavy atom. The Bertz CT molecular complexity index is 560. The lowest BCUT2D eigenvalue weighted by atomic mass is 9.98. The molecule has 2 heterocycles. The highest BCUT2D eigenvalue weighted by Crippen LogP contribution is 2.20. The first-order chi connectivity index (χ1) is 9.02. The van der Waals surface area contributed by atoms with Gasteiger partial charge in [0.25, 0.3) is 0 Å². The van der Waals surface area contributed by atoms with E-state index < -0.39 is 0 Å². The summed E-state index contributed by atoms with van der Waals surface area (Å²) in [6, 6.07) is 4.06. The van der Waals surface area contributed by atoms with Crippen LogP contribution in [0.25, 0.3) is 11.2 Å². The van der Waals surface area contributed by atoms with Gasteiger partial charge in [-0.15, -0.1) is 11.6 Å². The smallest absolute Gasteiger partial charge is 0.160 e. The lowest BCUT2D eigenvalue weighted by Crippen LogP contribution is -2.16. The predicted molar refractivity (Wildman–Crippen MR) is 80.7 cm³/mol. The summed E-state index contributed by atoms with van der Waals surface area (Å²) in [4.78, 5) is 9.32. The Morgan fingerprint density at radius 1 is 1.21 bits per heavy atom. The molecule has 0 saturated heterocycles. The first kappa shape index (κ1) is 14.3. The van der Waals surface area contributed by atoms with Crippen molar-refractivity contribution in [2.75, 3.05) is 5.88 Å². The summed E-state index contributed by atoms with van der Waals surface area (Å²) in [6.45, 7) is 9.75. The van der Waals surface area contributed by atoms with Gasteiger partial charge < -0.3 is 4.57 Å². The summed E-state index contributed by atoms with van der Waals surface area (Å²) in [7, 11) is 0. The molecule has 2 aromatic rings. The second kappa shape index (κ2) is 5.91. The van der Waals surface area contributed by atoms with Crippen LogP contribution in [-0.2, 0) is 13.0 Å². The highest BCUT2D eigenvalue weighted by atomic mass is 35.5. The van der Waals surface area contributed by atoms with Crippen molar-refractivity contribution in [3.8, 4) is 0 Å². The maximum Gasteiger partial charge on any atom is 0.160 e. The predicted octanol–water partition coefficient (Wildman–Crippen LogP) is 3.81. The van der Waals surface area contributed by atoms with E-state index in [0.29, 0.717) is 17.7 Å². The highest BCUT2D eigenvalue weighted by Gasteiger charge is 2.15. The van der Waals surface area contributed by atoms with E-state index in [9.17, 15) is 0 Å². The number of aryl methyl sites for hydroxylation is 2. The molecule has 19 heavy (non-hydrogen) atoms. The molecule has 3 nitrogen and oxygen atoms in total. The number of halogens is 1. The molecule has 1 atom stereocenters. The normalized spacial score (nSPS) is 13.4. The zero-order valence-electron chi connectivity index (χ0n) is 12.2. The Hall–Kier alpha value is -1.09. The summed E-state index contributed by atoms with van der Waals surface area (Å²) in [5.74, 6) is 2.88. The molecule has 0 aromatic carbocycles. The van der Waals surface area contributed by atoms with Gasteiger partial charge in [0.05, 0.1) is 0 Å². The largest absolute Gasteiger partial charge is 0.312 e. The third-order valence-electron chi connectivity index (χ3n) is 3.74. The summed E-state index contributed by atoms with van der Waals surface area (Å²) < 4.78 is 2.25. The first-order valence-electron chi connectivity index (χ1n) is 6.91. The van der Waals surface area contributed by atoms with Crippen molar-refractivity contribution in [2.45, 2.75) is 40.7 Å². The summed E-state index contributed by atoms with van der Waals surface area (Å²) >= 11 is 5.89. The van der Waals surface area contributed by atoms with E-state index in [1.807, 2.05) is 19.1 Å². The highest BCUT2D eigenvalue weighted by molar-refractivity contribution is 6.17. The molecule has 4 heteroatoms. The van der Waals surface area contributed by atoms with E-state index in [2.05, 4.69) is 35.3 Å². The Morgan fingerprint density at radius 3 is 2.58 bits per heavy atom. The zero-order chi connectivity index (χ0) is 14.0. The average Bonchev–Trinajstić information content (AvgIpc) is 2.68. The van der Waals surface area contributed by atoms with Crippen molar-refractivity contribution in [3.63, 3.8) is 0 Å². The van der Waals surface area contributed by atoms with Crippen LogP contribution < -0.4 is 0 Å². The van der Waals surface area contributed by atoms with Crippen LogP contribution in [0.4, 0.5) is 0 Å². The van der Waals surface area contributed by atoms with Gasteiger partial charge >= 0.3 is 0 Å². The fourth-order valence-corrected chi connectivity index (χ4v) is 2.28. The molecule has 0 aliphatic carbocycles. The van der Waals surface area contributed by atoms with Crippen molar-refractivity contribution >= 4 is 22.8 Å². The molecular weight excluding hydrogens is 258 g/mol. The molecule has 0 saturated carbocycles. The molecule has 0 radical (unpaired) electrons. The van der Waals surface area contributed by atoms with Crippen LogP contribution >= 0.6 is 11.6 Å². The van der Waals surface area contributed by atoms with Gasteiger partial charge in [0.2, 0.25) is 0 Å². The summed E-state index contributed by atoms with van der Waals surface area (Å²) in [6.07, 6.45) is 0.793. The molecule has 2 rings (SSSR count). The van der Waals surface area contributed by atoms with E-state index in [4.69, 9.17) is 11.6 Å². The third-order valence-corrected chi connectivity index (χ3v) is 3.93. The van der Waals surface area contributed by atoms with Crippen LogP contribution in [0.1, 0.15) is 32.3 Å². The summed E-state index contributed by atoms with van der Waals surface area (Å²) in [5, 5.41) is 0. The van der Waals surface area contributed by atoms with Gasteiger partial charge in [-0.2, -0.15) is 0 Å². The number of aromatic nitrogens is 3. The number of fused-ring (bicyclic) bond motifs is 1. The number of rotatable bonds is 5. The average molecular weight is 280 g/mol. The van der Waals surface area contributed by atoms with E-state index in [1.54, 1.807) is 0 Å². The molecule has 2 aromatic heterocycles. The van der Waals surface area contributed by atoms with Crippen molar-refractivity contribution < 1.29 is 0 Å². The SMILES string of the molecule is Cc1ccc2nc(CCCl)n(CC(C)C(C)C)c2n1. The topological polar surface area (TPSA) is 30.7 Å². The van der Waals surface area contributed by atoms with Gasteiger partial charge in [-0.1, -0.05) is 20.8 Å². The second-order valence-electron chi connectivity index (χ2n) is 5.59. The molecule has 0 aliphatic rings. The third kappa shape index (κ3) is 3.08. The second-order valence-corrected chi connectivity index (χ2v) is 5.97. The lowest BCUT2D eigenvalue weighted by molar-refractivity contribution is 0.364. The fraction of sp³-hybridized carbons (Fsp3) is 0.600. The molecular formula is C15H22ClN3. The van der Waals surface area contributed by atoms with Crippen molar-refractivity contribution in [3.05, 3.63) is 23.7 Å². The van der Waals surface area contributed by atoms with E-state index >= 15 is 0 Å². The van der Waals surface area contributed by atoms with Crippen molar-refractivity contribution in [1.29, 1.82) is 0 Å². The van der Waals surface area contributed by atoms with Crippen LogP contribution in [0, 0.1) is 18.8 Å². The molecule has 1 unspecified atom stereocenters. The van der Waals surface area contributed by atoms with Crippen LogP contribution in [0.2, 0.25) is 0 Å². The van der Waals surface area contributed by atoms with Gasteiger partial charge in [-0.05, 0) is 30.9 Å². The van der Waals surface area contributed by atoms with Gasteiger partial charge in [0, 0.05) is 24.5 Å². The number of nitrogens with zero attached hydrogens (tertiary/aromatic N) is 3. The Kier molecular flexibility index (Phi) is 4.46. The van der Waals surface area contributed by atoms with Crippen molar-refractivity contribution in [2.24, 2.45) is 11.8 Å². The standard InChI is InChI=1S/C15H22ClN3/c1-10(2)11(3)9-19-14(7-8-16)18-13-6-5-12(4)17-15(13)19/h5-6,10-11H,7-9H2,1-4H3. The lowest BCUT2D eigenvalue weighted by Gasteiger charge is -2.18. The molecule has 0 bridgehead atoms. The maximum atomic E-state index is 5.89. The van der Waals surface area contributed by atoms with Gasteiger partial charge in [0.1, 0.15) is 11.3 Å². The van der Waals surface area contributed by atoms with E-state index in [1.165, 1.54) is 0 Å². The molecule has 104 valence electrons. The monoisotopic (exact) mass is 279 g/mol. The van der Waals surface area contributed by atoms with E-state index in [0.717, 1.165) is 35.6 Å². The van der Waals surface area contributed by atoms with Gasteiger partial charge in [-0.3, -0.25) is 0 Å². The van der Waals surface area contributed by atoms with Gasteiger partial charge in [-0.25, -0.2) is 9.97 Å². The number of hydrogen-bond acceptors (Lipinski definition) is 2. The molecule has 0 amide bonds. The molecule has 0 spiro atoms.